The molecule has 0 aliphatic carbocycles. The van der Waals surface area contributed by atoms with E-state index in [1.54, 1.807) is 28.0 Å². The number of nitrogens with zero attached hydrogens (tertiary/aromatic N) is 2. The number of aliphatic carboxylic acids is 1. The van der Waals surface area contributed by atoms with E-state index in [0.29, 0.717) is 18.5 Å². The van der Waals surface area contributed by atoms with E-state index in [4.69, 9.17) is 0 Å². The number of hydrogen-bond donors (Lipinski definition) is 1. The third kappa shape index (κ3) is 4.65. The lowest BCUT2D eigenvalue weighted by Gasteiger charge is -2.34. The van der Waals surface area contributed by atoms with Crippen molar-refractivity contribution in [1.29, 1.82) is 0 Å². The molecule has 3 rings (SSSR count). The van der Waals surface area contributed by atoms with E-state index in [1.807, 2.05) is 38.1 Å². The zero-order valence-corrected chi connectivity index (χ0v) is 16.5. The molecule has 1 aliphatic rings. The first-order valence-electron chi connectivity index (χ1n) is 8.58. The average molecular weight is 391 g/mol. The van der Waals surface area contributed by atoms with Crippen LogP contribution in [0.1, 0.15) is 34.4 Å². The molecule has 0 bridgehead atoms. The largest absolute Gasteiger partial charge is 0.481 e. The van der Waals surface area contributed by atoms with E-state index < -0.39 is 11.9 Å². The van der Waals surface area contributed by atoms with Crippen LogP contribution in [0.3, 0.4) is 0 Å². The fourth-order valence-corrected chi connectivity index (χ4v) is 4.71. The van der Waals surface area contributed by atoms with E-state index in [2.05, 4.69) is 10.4 Å². The van der Waals surface area contributed by atoms with Crippen molar-refractivity contribution in [3.8, 4) is 0 Å². The molecule has 138 valence electrons. The number of carbonyl (C=O) groups excluding carboxylic acids is 1. The maximum absolute atomic E-state index is 12.7. The van der Waals surface area contributed by atoms with Crippen LogP contribution in [0.4, 0.5) is 0 Å². The second-order valence-corrected chi connectivity index (χ2v) is 8.87. The summed E-state index contributed by atoms with van der Waals surface area (Å²) < 4.78 is 0. The quantitative estimate of drug-likeness (QED) is 0.784. The maximum Gasteiger partial charge on any atom is 0.308 e. The fourth-order valence-electron chi connectivity index (χ4n) is 3.20. The number of amides is 1. The van der Waals surface area contributed by atoms with Crippen LogP contribution in [-0.4, -0.2) is 40.0 Å². The van der Waals surface area contributed by atoms with Gasteiger partial charge in [0.25, 0.3) is 5.91 Å². The zero-order chi connectivity index (χ0) is 18.7. The van der Waals surface area contributed by atoms with Gasteiger partial charge in [-0.3, -0.25) is 9.59 Å². The standard InChI is InChI=1S/C19H22N2O3S2/c1-12-7-15(19(23)24)9-21(8-12)18(22)14-3-5-17(6-4-14)26-11-16-10-25-13(2)20-16/h3-6,10,12,15H,7-9,11H2,1-2H3,(H,23,24). The minimum atomic E-state index is -0.821. The fraction of sp³-hybridized carbons (Fsp3) is 0.421. The van der Waals surface area contributed by atoms with E-state index in [-0.39, 0.29) is 18.4 Å². The summed E-state index contributed by atoms with van der Waals surface area (Å²) >= 11 is 3.34. The second kappa shape index (κ2) is 8.22. The van der Waals surface area contributed by atoms with E-state index in [1.165, 1.54) is 0 Å². The van der Waals surface area contributed by atoms with E-state index in [0.717, 1.165) is 21.3 Å². The molecule has 1 aromatic carbocycles. The minimum absolute atomic E-state index is 0.0884. The molecule has 1 fully saturated rings. The topological polar surface area (TPSA) is 70.5 Å². The van der Waals surface area contributed by atoms with Gasteiger partial charge in [0.1, 0.15) is 0 Å². The highest BCUT2D eigenvalue weighted by Crippen LogP contribution is 2.26. The zero-order valence-electron chi connectivity index (χ0n) is 14.8. The first-order chi connectivity index (χ1) is 12.4. The highest BCUT2D eigenvalue weighted by molar-refractivity contribution is 7.98. The van der Waals surface area contributed by atoms with Gasteiger partial charge in [0.15, 0.2) is 0 Å². The molecule has 0 saturated carbocycles. The lowest BCUT2D eigenvalue weighted by Crippen LogP contribution is -2.45. The second-order valence-electron chi connectivity index (χ2n) is 6.76. The first kappa shape index (κ1) is 18.9. The Kier molecular flexibility index (Phi) is 5.98. The Morgan fingerprint density at radius 1 is 1.31 bits per heavy atom. The van der Waals surface area contributed by atoms with Crippen molar-refractivity contribution < 1.29 is 14.7 Å². The van der Waals surface area contributed by atoms with Crippen LogP contribution >= 0.6 is 23.1 Å². The highest BCUT2D eigenvalue weighted by atomic mass is 32.2. The van der Waals surface area contributed by atoms with Crippen molar-refractivity contribution in [1.82, 2.24) is 9.88 Å². The summed E-state index contributed by atoms with van der Waals surface area (Å²) in [4.78, 5) is 31.2. The Morgan fingerprint density at radius 3 is 2.65 bits per heavy atom. The molecule has 1 aliphatic heterocycles. The summed E-state index contributed by atoms with van der Waals surface area (Å²) in [7, 11) is 0. The van der Waals surface area contributed by atoms with Crippen molar-refractivity contribution in [3.05, 3.63) is 45.9 Å². The Balaban J connectivity index is 1.62. The number of carboxylic acid groups (broad SMARTS) is 1. The summed E-state index contributed by atoms with van der Waals surface area (Å²) in [5, 5.41) is 12.4. The minimum Gasteiger partial charge on any atom is -0.481 e. The Labute approximate surface area is 161 Å². The molecule has 2 atom stereocenters. The van der Waals surface area contributed by atoms with Gasteiger partial charge in [0, 0.05) is 34.7 Å². The molecular weight excluding hydrogens is 368 g/mol. The lowest BCUT2D eigenvalue weighted by molar-refractivity contribution is -0.143. The number of rotatable bonds is 5. The summed E-state index contributed by atoms with van der Waals surface area (Å²) in [6.45, 7) is 4.89. The van der Waals surface area contributed by atoms with Crippen LogP contribution in [0.2, 0.25) is 0 Å². The van der Waals surface area contributed by atoms with Crippen LogP contribution in [0.25, 0.3) is 0 Å². The van der Waals surface area contributed by atoms with Gasteiger partial charge in [0.05, 0.1) is 16.6 Å². The molecule has 1 amide bonds. The van der Waals surface area contributed by atoms with Gasteiger partial charge in [0.2, 0.25) is 0 Å². The van der Waals surface area contributed by atoms with E-state index >= 15 is 0 Å². The number of thiazole rings is 1. The normalized spacial score (nSPS) is 20.2. The van der Waals surface area contributed by atoms with Gasteiger partial charge in [-0.1, -0.05) is 6.92 Å². The smallest absolute Gasteiger partial charge is 0.308 e. The maximum atomic E-state index is 12.7. The summed E-state index contributed by atoms with van der Waals surface area (Å²) in [5.74, 6) is -0.376. The summed E-state index contributed by atoms with van der Waals surface area (Å²) in [6.07, 6.45) is 0.630. The van der Waals surface area contributed by atoms with Crippen molar-refractivity contribution in [3.63, 3.8) is 0 Å². The van der Waals surface area contributed by atoms with Crippen LogP contribution in [0, 0.1) is 18.8 Å². The number of thioether (sulfide) groups is 1. The van der Waals surface area contributed by atoms with Crippen LogP contribution in [-0.2, 0) is 10.5 Å². The molecule has 1 N–H and O–H groups in total. The number of hydrogen-bond acceptors (Lipinski definition) is 5. The predicted molar refractivity (Wildman–Crippen MR) is 104 cm³/mol. The molecule has 0 spiro atoms. The molecular formula is C19H22N2O3S2. The Bertz CT molecular complexity index is 788. The molecule has 2 heterocycles. The number of aryl methyl sites for hydroxylation is 1. The molecule has 1 saturated heterocycles. The third-order valence-corrected chi connectivity index (χ3v) is 6.32. The van der Waals surface area contributed by atoms with Gasteiger partial charge >= 0.3 is 5.97 Å². The number of carboxylic acids is 1. The number of aromatic nitrogens is 1. The number of piperidine rings is 1. The van der Waals surface area contributed by atoms with Crippen LogP contribution in [0.15, 0.2) is 34.5 Å². The van der Waals surface area contributed by atoms with Gasteiger partial charge in [-0.15, -0.1) is 23.1 Å². The van der Waals surface area contributed by atoms with Crippen molar-refractivity contribution >= 4 is 35.0 Å². The first-order valence-corrected chi connectivity index (χ1v) is 10.4. The average Bonchev–Trinajstić information content (AvgIpc) is 3.04. The van der Waals surface area contributed by atoms with Crippen molar-refractivity contribution in [2.45, 2.75) is 30.9 Å². The highest BCUT2D eigenvalue weighted by Gasteiger charge is 2.32. The monoisotopic (exact) mass is 390 g/mol. The van der Waals surface area contributed by atoms with Crippen LogP contribution < -0.4 is 0 Å². The van der Waals surface area contributed by atoms with Gasteiger partial charge in [-0.2, -0.15) is 0 Å². The van der Waals surface area contributed by atoms with E-state index in [9.17, 15) is 14.7 Å². The molecule has 2 unspecified atom stereocenters. The van der Waals surface area contributed by atoms with Gasteiger partial charge < -0.3 is 10.0 Å². The summed E-state index contributed by atoms with van der Waals surface area (Å²) in [6, 6.07) is 7.54. The van der Waals surface area contributed by atoms with Crippen molar-refractivity contribution in [2.24, 2.45) is 11.8 Å². The Morgan fingerprint density at radius 2 is 2.04 bits per heavy atom. The van der Waals surface area contributed by atoms with Gasteiger partial charge in [-0.25, -0.2) is 4.98 Å². The molecule has 2 aromatic rings. The number of carbonyl (C=O) groups is 2. The molecule has 0 radical (unpaired) electrons. The number of benzene rings is 1. The molecule has 1 aromatic heterocycles. The molecule has 5 nitrogen and oxygen atoms in total. The van der Waals surface area contributed by atoms with Gasteiger partial charge in [-0.05, 0) is 43.5 Å². The predicted octanol–water partition coefficient (Wildman–Crippen LogP) is 3.93. The molecule has 26 heavy (non-hydrogen) atoms. The SMILES string of the molecule is Cc1nc(CSc2ccc(C(=O)N3CC(C)CC(C(=O)O)C3)cc2)cs1. The Hall–Kier alpha value is -1.86. The number of likely N-dealkylation sites (tertiary alicyclic amines) is 1. The lowest BCUT2D eigenvalue weighted by atomic mass is 9.90. The summed E-state index contributed by atoms with van der Waals surface area (Å²) in [5.41, 5.74) is 1.68. The molecule has 7 heteroatoms. The van der Waals surface area contributed by atoms with Crippen LogP contribution in [0.5, 0.6) is 0 Å². The van der Waals surface area contributed by atoms with Crippen molar-refractivity contribution in [2.75, 3.05) is 13.1 Å². The third-order valence-electron chi connectivity index (χ3n) is 4.45.